The number of methoxy groups -OCH3 is 1. The molecule has 2 aromatic rings. The van der Waals surface area contributed by atoms with E-state index in [-0.39, 0.29) is 0 Å². The lowest BCUT2D eigenvalue weighted by Crippen LogP contribution is -1.90. The van der Waals surface area contributed by atoms with E-state index in [1.54, 1.807) is 31.6 Å². The fourth-order valence-electron chi connectivity index (χ4n) is 1.71. The molecule has 1 aromatic heterocycles. The minimum Gasteiger partial charge on any atom is -0.496 e. The third-order valence-electron chi connectivity index (χ3n) is 2.51. The summed E-state index contributed by atoms with van der Waals surface area (Å²) in [5.41, 5.74) is 3.54. The van der Waals surface area contributed by atoms with Gasteiger partial charge in [0.05, 0.1) is 18.7 Å². The van der Waals surface area contributed by atoms with Crippen LogP contribution in [0.4, 0.5) is 0 Å². The van der Waals surface area contributed by atoms with Gasteiger partial charge in [-0.25, -0.2) is 0 Å². The average Bonchev–Trinajstić information content (AvgIpc) is 2.38. The Morgan fingerprint density at radius 3 is 2.71 bits per heavy atom. The molecule has 0 spiro atoms. The summed E-state index contributed by atoms with van der Waals surface area (Å²) < 4.78 is 5.30. The predicted octanol–water partition coefficient (Wildman–Crippen LogP) is 2.94. The van der Waals surface area contributed by atoms with Crippen LogP contribution in [-0.4, -0.2) is 12.1 Å². The molecule has 0 atom stereocenters. The Balaban J connectivity index is 2.61. The first-order chi connectivity index (χ1) is 8.24. The Morgan fingerprint density at radius 1 is 1.24 bits per heavy atom. The molecular formula is C14H12N2O. The van der Waals surface area contributed by atoms with Gasteiger partial charge in [-0.2, -0.15) is 5.26 Å². The molecular weight excluding hydrogens is 212 g/mol. The molecule has 84 valence electrons. The molecule has 0 aliphatic carbocycles. The van der Waals surface area contributed by atoms with Gasteiger partial charge in [0.1, 0.15) is 5.75 Å². The van der Waals surface area contributed by atoms with Crippen molar-refractivity contribution in [1.82, 2.24) is 4.98 Å². The molecule has 1 heterocycles. The maximum atomic E-state index is 8.92. The first-order valence-electron chi connectivity index (χ1n) is 5.25. The summed E-state index contributed by atoms with van der Waals surface area (Å²) in [4.78, 5) is 4.15. The zero-order valence-electron chi connectivity index (χ0n) is 9.77. The van der Waals surface area contributed by atoms with Gasteiger partial charge in [0.25, 0.3) is 0 Å². The monoisotopic (exact) mass is 224 g/mol. The van der Waals surface area contributed by atoms with E-state index < -0.39 is 0 Å². The summed E-state index contributed by atoms with van der Waals surface area (Å²) in [5, 5.41) is 8.92. The van der Waals surface area contributed by atoms with Gasteiger partial charge < -0.3 is 4.74 Å². The Hall–Kier alpha value is -2.34. The maximum Gasteiger partial charge on any atom is 0.126 e. The first-order valence-corrected chi connectivity index (χ1v) is 5.25. The van der Waals surface area contributed by atoms with E-state index in [1.807, 2.05) is 19.1 Å². The van der Waals surface area contributed by atoms with E-state index in [0.29, 0.717) is 5.56 Å². The zero-order valence-corrected chi connectivity index (χ0v) is 9.77. The van der Waals surface area contributed by atoms with E-state index in [0.717, 1.165) is 22.4 Å². The van der Waals surface area contributed by atoms with Gasteiger partial charge in [-0.15, -0.1) is 0 Å². The lowest BCUT2D eigenvalue weighted by molar-refractivity contribution is 0.416. The number of hydrogen-bond acceptors (Lipinski definition) is 3. The van der Waals surface area contributed by atoms with Crippen molar-refractivity contribution in [3.05, 3.63) is 47.8 Å². The van der Waals surface area contributed by atoms with Crippen LogP contribution in [0.5, 0.6) is 5.75 Å². The van der Waals surface area contributed by atoms with Crippen LogP contribution in [0.1, 0.15) is 11.1 Å². The van der Waals surface area contributed by atoms with Gasteiger partial charge in [-0.05, 0) is 36.8 Å². The zero-order chi connectivity index (χ0) is 12.3. The molecule has 3 nitrogen and oxygen atoms in total. The number of nitriles is 1. The van der Waals surface area contributed by atoms with Gasteiger partial charge in [-0.3, -0.25) is 4.98 Å². The van der Waals surface area contributed by atoms with Gasteiger partial charge in [0.15, 0.2) is 0 Å². The fraction of sp³-hybridized carbons (Fsp3) is 0.143. The van der Waals surface area contributed by atoms with Crippen molar-refractivity contribution in [1.29, 1.82) is 5.26 Å². The lowest BCUT2D eigenvalue weighted by atomic mass is 10.0. The molecule has 0 unspecified atom stereocenters. The highest BCUT2D eigenvalue weighted by Gasteiger charge is 2.07. The number of nitrogens with zero attached hydrogens (tertiary/aromatic N) is 2. The number of benzene rings is 1. The minimum absolute atomic E-state index is 0.613. The maximum absolute atomic E-state index is 8.92. The molecule has 0 N–H and O–H groups in total. The van der Waals surface area contributed by atoms with Crippen LogP contribution in [0.25, 0.3) is 11.1 Å². The Kier molecular flexibility index (Phi) is 3.06. The van der Waals surface area contributed by atoms with Crippen LogP contribution in [0.3, 0.4) is 0 Å². The topological polar surface area (TPSA) is 45.9 Å². The van der Waals surface area contributed by atoms with Crippen LogP contribution in [0.15, 0.2) is 36.7 Å². The molecule has 1 aromatic carbocycles. The van der Waals surface area contributed by atoms with Crippen molar-refractivity contribution < 1.29 is 4.74 Å². The second-order valence-corrected chi connectivity index (χ2v) is 3.78. The number of rotatable bonds is 2. The van der Waals surface area contributed by atoms with Gasteiger partial charge in [-0.1, -0.05) is 0 Å². The Morgan fingerprint density at radius 2 is 2.06 bits per heavy atom. The summed E-state index contributed by atoms with van der Waals surface area (Å²) in [6, 6.07) is 9.51. The summed E-state index contributed by atoms with van der Waals surface area (Å²) in [7, 11) is 1.62. The highest BCUT2D eigenvalue weighted by atomic mass is 16.5. The van der Waals surface area contributed by atoms with Crippen LogP contribution in [-0.2, 0) is 0 Å². The number of hydrogen-bond donors (Lipinski definition) is 0. The second-order valence-electron chi connectivity index (χ2n) is 3.78. The minimum atomic E-state index is 0.613. The standard InChI is InChI=1S/C14H12N2O/c1-10-5-12(9-16-8-10)13-6-11(7-15)3-4-14(13)17-2/h3-6,8-9H,1-2H3. The fourth-order valence-corrected chi connectivity index (χ4v) is 1.71. The quantitative estimate of drug-likeness (QED) is 0.787. The molecule has 0 aliphatic rings. The summed E-state index contributed by atoms with van der Waals surface area (Å²) in [6.07, 6.45) is 3.57. The third-order valence-corrected chi connectivity index (χ3v) is 2.51. The van der Waals surface area contributed by atoms with E-state index in [9.17, 15) is 0 Å². The second kappa shape index (κ2) is 4.67. The molecule has 0 aliphatic heterocycles. The van der Waals surface area contributed by atoms with Crippen LogP contribution >= 0.6 is 0 Å². The molecule has 0 amide bonds. The van der Waals surface area contributed by atoms with Crippen molar-refractivity contribution in [2.75, 3.05) is 7.11 Å². The summed E-state index contributed by atoms with van der Waals surface area (Å²) in [5.74, 6) is 0.747. The van der Waals surface area contributed by atoms with Crippen LogP contribution < -0.4 is 4.74 Å². The van der Waals surface area contributed by atoms with Crippen molar-refractivity contribution >= 4 is 0 Å². The number of pyridine rings is 1. The van der Waals surface area contributed by atoms with Crippen molar-refractivity contribution in [3.8, 4) is 22.9 Å². The number of aromatic nitrogens is 1. The van der Waals surface area contributed by atoms with Crippen LogP contribution in [0.2, 0.25) is 0 Å². The highest BCUT2D eigenvalue weighted by molar-refractivity contribution is 5.71. The van der Waals surface area contributed by atoms with Gasteiger partial charge >= 0.3 is 0 Å². The summed E-state index contributed by atoms with van der Waals surface area (Å²) >= 11 is 0. The molecule has 0 bridgehead atoms. The Labute approximate surface area is 100 Å². The smallest absolute Gasteiger partial charge is 0.126 e. The average molecular weight is 224 g/mol. The van der Waals surface area contributed by atoms with Crippen molar-refractivity contribution in [2.45, 2.75) is 6.92 Å². The normalized spacial score (nSPS) is 9.71. The van der Waals surface area contributed by atoms with E-state index in [4.69, 9.17) is 10.00 Å². The SMILES string of the molecule is COc1ccc(C#N)cc1-c1cncc(C)c1. The highest BCUT2D eigenvalue weighted by Crippen LogP contribution is 2.30. The molecule has 2 rings (SSSR count). The lowest BCUT2D eigenvalue weighted by Gasteiger charge is -2.09. The van der Waals surface area contributed by atoms with E-state index in [2.05, 4.69) is 11.1 Å². The van der Waals surface area contributed by atoms with Crippen molar-refractivity contribution in [3.63, 3.8) is 0 Å². The predicted molar refractivity (Wildman–Crippen MR) is 65.7 cm³/mol. The first kappa shape index (κ1) is 11.2. The third kappa shape index (κ3) is 2.26. The van der Waals surface area contributed by atoms with Gasteiger partial charge in [0, 0.05) is 23.5 Å². The Bertz CT molecular complexity index is 585. The van der Waals surface area contributed by atoms with Crippen molar-refractivity contribution in [2.24, 2.45) is 0 Å². The largest absolute Gasteiger partial charge is 0.496 e. The number of aryl methyl sites for hydroxylation is 1. The molecule has 0 radical (unpaired) electrons. The van der Waals surface area contributed by atoms with Crippen LogP contribution in [0, 0.1) is 18.3 Å². The molecule has 17 heavy (non-hydrogen) atoms. The van der Waals surface area contributed by atoms with E-state index >= 15 is 0 Å². The molecule has 0 saturated heterocycles. The summed E-state index contributed by atoms with van der Waals surface area (Å²) in [6.45, 7) is 1.98. The molecule has 0 saturated carbocycles. The molecule has 3 heteroatoms. The number of ether oxygens (including phenoxy) is 1. The van der Waals surface area contributed by atoms with Gasteiger partial charge in [0.2, 0.25) is 0 Å². The molecule has 0 fully saturated rings. The van der Waals surface area contributed by atoms with E-state index in [1.165, 1.54) is 0 Å².